The Morgan fingerprint density at radius 1 is 1.39 bits per heavy atom. The number of hydrogen-bond acceptors (Lipinski definition) is 4. The largest absolute Gasteiger partial charge is 0.387 e. The van der Waals surface area contributed by atoms with E-state index in [1.807, 2.05) is 27.6 Å². The van der Waals surface area contributed by atoms with E-state index in [4.69, 9.17) is 0 Å². The highest BCUT2D eigenvalue weighted by Gasteiger charge is 2.15. The zero-order valence-electron chi connectivity index (χ0n) is 10.0. The predicted molar refractivity (Wildman–Crippen MR) is 75.4 cm³/mol. The molecule has 0 aromatic carbocycles. The molecule has 0 aliphatic heterocycles. The van der Waals surface area contributed by atoms with Gasteiger partial charge in [0.2, 0.25) is 0 Å². The smallest absolute Gasteiger partial charge is 0.193 e. The summed E-state index contributed by atoms with van der Waals surface area (Å²) in [5.74, 6) is 0. The van der Waals surface area contributed by atoms with Gasteiger partial charge < -0.3 is 5.11 Å². The number of nitrogens with zero attached hydrogens (tertiary/aromatic N) is 2. The standard InChI is InChI=1S/C13H14N2OS2/c1-2-9-3-5-17-12(9)11(16)7-10-8-15-4-6-18-13(15)14-10/h3-6,8,11,16H,2,7H2,1H3. The second kappa shape index (κ2) is 4.84. The summed E-state index contributed by atoms with van der Waals surface area (Å²) >= 11 is 3.24. The maximum absolute atomic E-state index is 10.3. The molecule has 0 saturated carbocycles. The highest BCUT2D eigenvalue weighted by Crippen LogP contribution is 2.27. The summed E-state index contributed by atoms with van der Waals surface area (Å²) in [4.78, 5) is 6.57. The van der Waals surface area contributed by atoms with Crippen LogP contribution in [-0.4, -0.2) is 14.5 Å². The van der Waals surface area contributed by atoms with E-state index in [1.165, 1.54) is 5.56 Å². The van der Waals surface area contributed by atoms with Crippen LogP contribution in [0.4, 0.5) is 0 Å². The minimum absolute atomic E-state index is 0.440. The van der Waals surface area contributed by atoms with E-state index in [0.29, 0.717) is 6.42 Å². The van der Waals surface area contributed by atoms with Gasteiger partial charge in [-0.2, -0.15) is 0 Å². The highest BCUT2D eigenvalue weighted by molar-refractivity contribution is 7.15. The first-order chi connectivity index (χ1) is 8.78. The summed E-state index contributed by atoms with van der Waals surface area (Å²) in [5.41, 5.74) is 2.19. The van der Waals surface area contributed by atoms with Gasteiger partial charge in [-0.3, -0.25) is 4.40 Å². The molecule has 18 heavy (non-hydrogen) atoms. The Bertz CT molecular complexity index is 624. The van der Waals surface area contributed by atoms with E-state index in [-0.39, 0.29) is 0 Å². The number of aromatic nitrogens is 2. The van der Waals surface area contributed by atoms with Crippen LogP contribution in [0, 0.1) is 0 Å². The zero-order chi connectivity index (χ0) is 12.5. The molecule has 3 rings (SSSR count). The van der Waals surface area contributed by atoms with Crippen LogP contribution in [0.15, 0.2) is 29.2 Å². The molecule has 0 radical (unpaired) electrons. The second-order valence-electron chi connectivity index (χ2n) is 4.21. The SMILES string of the molecule is CCc1ccsc1C(O)Cc1cn2ccsc2n1. The van der Waals surface area contributed by atoms with Crippen molar-refractivity contribution in [1.82, 2.24) is 9.38 Å². The lowest BCUT2D eigenvalue weighted by atomic mass is 10.1. The van der Waals surface area contributed by atoms with Gasteiger partial charge in [-0.1, -0.05) is 6.92 Å². The molecule has 3 aromatic heterocycles. The Morgan fingerprint density at radius 2 is 2.28 bits per heavy atom. The molecule has 0 saturated heterocycles. The summed E-state index contributed by atoms with van der Waals surface area (Å²) < 4.78 is 2.00. The molecule has 0 spiro atoms. The number of aliphatic hydroxyl groups excluding tert-OH is 1. The Labute approximate surface area is 113 Å². The van der Waals surface area contributed by atoms with Gasteiger partial charge in [0, 0.05) is 29.1 Å². The molecule has 94 valence electrons. The normalized spacial score (nSPS) is 13.2. The number of hydrogen-bond donors (Lipinski definition) is 1. The van der Waals surface area contributed by atoms with Gasteiger partial charge >= 0.3 is 0 Å². The Morgan fingerprint density at radius 3 is 3.06 bits per heavy atom. The number of fused-ring (bicyclic) bond motifs is 1. The maximum atomic E-state index is 10.3. The molecule has 0 fully saturated rings. The fourth-order valence-electron chi connectivity index (χ4n) is 2.10. The van der Waals surface area contributed by atoms with E-state index in [2.05, 4.69) is 18.0 Å². The first-order valence-electron chi connectivity index (χ1n) is 5.93. The molecule has 5 heteroatoms. The summed E-state index contributed by atoms with van der Waals surface area (Å²) in [6.45, 7) is 2.12. The summed E-state index contributed by atoms with van der Waals surface area (Å²) in [7, 11) is 0. The van der Waals surface area contributed by atoms with Crippen molar-refractivity contribution in [2.75, 3.05) is 0 Å². The number of aryl methyl sites for hydroxylation is 1. The van der Waals surface area contributed by atoms with Crippen LogP contribution >= 0.6 is 22.7 Å². The fourth-order valence-corrected chi connectivity index (χ4v) is 3.80. The Balaban J connectivity index is 1.82. The molecular weight excluding hydrogens is 264 g/mol. The van der Waals surface area contributed by atoms with Crippen LogP contribution in [0.3, 0.4) is 0 Å². The molecule has 3 nitrogen and oxygen atoms in total. The van der Waals surface area contributed by atoms with E-state index in [0.717, 1.165) is 22.0 Å². The number of rotatable bonds is 4. The lowest BCUT2D eigenvalue weighted by Gasteiger charge is -2.08. The molecule has 3 aromatic rings. The topological polar surface area (TPSA) is 37.5 Å². The van der Waals surface area contributed by atoms with Gasteiger partial charge in [-0.25, -0.2) is 4.98 Å². The van der Waals surface area contributed by atoms with Gasteiger partial charge in [0.15, 0.2) is 4.96 Å². The molecule has 3 heterocycles. The number of thiophene rings is 1. The third-order valence-electron chi connectivity index (χ3n) is 3.01. The van der Waals surface area contributed by atoms with Gasteiger partial charge in [0.25, 0.3) is 0 Å². The van der Waals surface area contributed by atoms with Crippen molar-refractivity contribution in [1.29, 1.82) is 0 Å². The van der Waals surface area contributed by atoms with Crippen molar-refractivity contribution < 1.29 is 5.11 Å². The average molecular weight is 278 g/mol. The van der Waals surface area contributed by atoms with E-state index in [1.54, 1.807) is 22.7 Å². The van der Waals surface area contributed by atoms with Crippen LogP contribution in [0.2, 0.25) is 0 Å². The molecule has 1 unspecified atom stereocenters. The van der Waals surface area contributed by atoms with Crippen LogP contribution in [0.5, 0.6) is 0 Å². The van der Waals surface area contributed by atoms with Gasteiger partial charge in [0.05, 0.1) is 11.8 Å². The van der Waals surface area contributed by atoms with Crippen molar-refractivity contribution >= 4 is 27.6 Å². The molecule has 0 aliphatic carbocycles. The van der Waals surface area contributed by atoms with E-state index >= 15 is 0 Å². The van der Waals surface area contributed by atoms with Gasteiger partial charge in [-0.15, -0.1) is 22.7 Å². The first-order valence-corrected chi connectivity index (χ1v) is 7.69. The van der Waals surface area contributed by atoms with Crippen LogP contribution in [0.25, 0.3) is 4.96 Å². The summed E-state index contributed by atoms with van der Waals surface area (Å²) in [5, 5.41) is 14.4. The molecule has 0 bridgehead atoms. The molecule has 1 atom stereocenters. The second-order valence-corrected chi connectivity index (χ2v) is 6.03. The lowest BCUT2D eigenvalue weighted by Crippen LogP contribution is -2.02. The van der Waals surface area contributed by atoms with Crippen LogP contribution < -0.4 is 0 Å². The van der Waals surface area contributed by atoms with Gasteiger partial charge in [-0.05, 0) is 23.4 Å². The van der Waals surface area contributed by atoms with Crippen molar-refractivity contribution in [2.45, 2.75) is 25.9 Å². The zero-order valence-corrected chi connectivity index (χ0v) is 11.7. The van der Waals surface area contributed by atoms with Gasteiger partial charge in [0.1, 0.15) is 0 Å². The molecule has 0 amide bonds. The van der Waals surface area contributed by atoms with Crippen molar-refractivity contribution in [3.05, 3.63) is 45.4 Å². The number of imidazole rings is 1. The monoisotopic (exact) mass is 278 g/mol. The van der Waals surface area contributed by atoms with E-state index < -0.39 is 6.10 Å². The lowest BCUT2D eigenvalue weighted by molar-refractivity contribution is 0.180. The summed E-state index contributed by atoms with van der Waals surface area (Å²) in [6.07, 6.45) is 5.10. The molecule has 1 N–H and O–H groups in total. The third-order valence-corrected chi connectivity index (χ3v) is 4.84. The first kappa shape index (κ1) is 11.9. The third kappa shape index (κ3) is 2.09. The van der Waals surface area contributed by atoms with Crippen molar-refractivity contribution in [3.63, 3.8) is 0 Å². The average Bonchev–Trinajstić information content (AvgIpc) is 3.02. The van der Waals surface area contributed by atoms with Crippen molar-refractivity contribution in [3.8, 4) is 0 Å². The quantitative estimate of drug-likeness (QED) is 0.795. The number of thiazole rings is 1. The maximum Gasteiger partial charge on any atom is 0.193 e. The van der Waals surface area contributed by atoms with Crippen LogP contribution in [-0.2, 0) is 12.8 Å². The fraction of sp³-hybridized carbons (Fsp3) is 0.308. The van der Waals surface area contributed by atoms with E-state index in [9.17, 15) is 5.11 Å². The Hall–Kier alpha value is -1.17. The number of aliphatic hydroxyl groups is 1. The predicted octanol–water partition coefficient (Wildman–Crippen LogP) is 3.30. The minimum atomic E-state index is -0.440. The molecule has 0 aliphatic rings. The van der Waals surface area contributed by atoms with Crippen LogP contribution in [0.1, 0.15) is 29.2 Å². The highest BCUT2D eigenvalue weighted by atomic mass is 32.1. The minimum Gasteiger partial charge on any atom is -0.387 e. The Kier molecular flexibility index (Phi) is 3.20. The van der Waals surface area contributed by atoms with Crippen molar-refractivity contribution in [2.24, 2.45) is 0 Å². The summed E-state index contributed by atoms with van der Waals surface area (Å²) in [6, 6.07) is 2.09. The molecular formula is C13H14N2OS2.